The molecule has 0 radical (unpaired) electrons. The van der Waals surface area contributed by atoms with Gasteiger partial charge in [0.05, 0.1) is 17.8 Å². The molecule has 4 aromatic rings. The molecular weight excluding hydrogens is 388 g/mol. The van der Waals surface area contributed by atoms with Crippen molar-refractivity contribution in [3.8, 4) is 0 Å². The number of anilines is 2. The Bertz CT molecular complexity index is 1180. The van der Waals surface area contributed by atoms with E-state index in [-0.39, 0.29) is 6.10 Å². The second kappa shape index (κ2) is 8.45. The van der Waals surface area contributed by atoms with E-state index >= 15 is 0 Å². The van der Waals surface area contributed by atoms with E-state index in [1.54, 1.807) is 0 Å². The van der Waals surface area contributed by atoms with Crippen molar-refractivity contribution < 1.29 is 4.74 Å². The van der Waals surface area contributed by atoms with Crippen molar-refractivity contribution in [2.24, 2.45) is 7.05 Å². The molecule has 0 aliphatic carbocycles. The molecule has 1 N–H and O–H groups in total. The van der Waals surface area contributed by atoms with Crippen LogP contribution in [-0.2, 0) is 18.3 Å². The number of pyridine rings is 2. The summed E-state index contributed by atoms with van der Waals surface area (Å²) in [4.78, 5) is 11.7. The van der Waals surface area contributed by atoms with E-state index < -0.39 is 0 Å². The third kappa shape index (κ3) is 4.28. The lowest BCUT2D eigenvalue weighted by Gasteiger charge is -2.33. The Morgan fingerprint density at radius 1 is 1.10 bits per heavy atom. The predicted molar refractivity (Wildman–Crippen MR) is 121 cm³/mol. The van der Waals surface area contributed by atoms with E-state index in [0.29, 0.717) is 6.61 Å². The average Bonchev–Trinajstić information content (AvgIpc) is 3.11. The van der Waals surface area contributed by atoms with Crippen LogP contribution >= 0.6 is 0 Å². The molecule has 4 heterocycles. The molecular formula is C24H26N6O. The van der Waals surface area contributed by atoms with Crippen LogP contribution in [0, 0.1) is 6.92 Å². The lowest BCUT2D eigenvalue weighted by atomic mass is 10.1. The number of nitrogens with zero attached hydrogens (tertiary/aromatic N) is 5. The summed E-state index contributed by atoms with van der Waals surface area (Å²) in [6.45, 7) is 5.28. The minimum Gasteiger partial charge on any atom is -0.369 e. The number of hydrogen-bond donors (Lipinski definition) is 1. The molecule has 0 bridgehead atoms. The van der Waals surface area contributed by atoms with Crippen molar-refractivity contribution in [3.05, 3.63) is 77.7 Å². The summed E-state index contributed by atoms with van der Waals surface area (Å²) in [5, 5.41) is 8.96. The molecule has 0 saturated carbocycles. The first-order valence-corrected chi connectivity index (χ1v) is 10.6. The first-order chi connectivity index (χ1) is 15.2. The zero-order valence-corrected chi connectivity index (χ0v) is 17.8. The Balaban J connectivity index is 1.31. The number of hydrogen-bond acceptors (Lipinski definition) is 6. The van der Waals surface area contributed by atoms with Gasteiger partial charge in [-0.3, -0.25) is 14.6 Å². The largest absolute Gasteiger partial charge is 0.369 e. The Morgan fingerprint density at radius 2 is 2.00 bits per heavy atom. The highest BCUT2D eigenvalue weighted by Gasteiger charge is 2.24. The number of aryl methyl sites for hydroxylation is 2. The lowest BCUT2D eigenvalue weighted by Crippen LogP contribution is -2.38. The maximum Gasteiger partial charge on any atom is 0.153 e. The Kier molecular flexibility index (Phi) is 5.36. The molecule has 0 amide bonds. The quantitative estimate of drug-likeness (QED) is 0.533. The van der Waals surface area contributed by atoms with Gasteiger partial charge in [0.2, 0.25) is 0 Å². The smallest absolute Gasteiger partial charge is 0.153 e. The normalized spacial score (nSPS) is 17.2. The van der Waals surface area contributed by atoms with Gasteiger partial charge >= 0.3 is 0 Å². The van der Waals surface area contributed by atoms with E-state index in [9.17, 15) is 0 Å². The second-order valence-corrected chi connectivity index (χ2v) is 7.95. The van der Waals surface area contributed by atoms with Gasteiger partial charge in [-0.2, -0.15) is 5.10 Å². The summed E-state index contributed by atoms with van der Waals surface area (Å²) >= 11 is 0. The number of benzene rings is 1. The van der Waals surface area contributed by atoms with Crippen LogP contribution in [-0.4, -0.2) is 44.3 Å². The van der Waals surface area contributed by atoms with Gasteiger partial charge in [0.25, 0.3) is 0 Å². The predicted octanol–water partition coefficient (Wildman–Crippen LogP) is 3.99. The van der Waals surface area contributed by atoms with Gasteiger partial charge in [0.1, 0.15) is 11.9 Å². The van der Waals surface area contributed by atoms with E-state index in [4.69, 9.17) is 9.72 Å². The molecule has 1 aliphatic heterocycles. The fraction of sp³-hybridized carbons (Fsp3) is 0.292. The summed E-state index contributed by atoms with van der Waals surface area (Å²) in [7, 11) is 1.93. The molecule has 5 rings (SSSR count). The van der Waals surface area contributed by atoms with Crippen molar-refractivity contribution in [3.63, 3.8) is 0 Å². The van der Waals surface area contributed by atoms with Gasteiger partial charge in [-0.25, -0.2) is 4.98 Å². The zero-order chi connectivity index (χ0) is 21.2. The van der Waals surface area contributed by atoms with Crippen molar-refractivity contribution in [2.75, 3.05) is 25.0 Å². The number of morpholine rings is 1. The van der Waals surface area contributed by atoms with Crippen LogP contribution < -0.4 is 5.32 Å². The SMILES string of the molecule is Cc1cc(Nc2cccc([C@H]3CN(Cc4cccc5ncccc45)CCO3)n2)nn1C. The molecule has 0 spiro atoms. The van der Waals surface area contributed by atoms with Crippen LogP contribution in [0.2, 0.25) is 0 Å². The van der Waals surface area contributed by atoms with Crippen molar-refractivity contribution in [2.45, 2.75) is 19.6 Å². The Morgan fingerprint density at radius 3 is 2.87 bits per heavy atom. The summed E-state index contributed by atoms with van der Waals surface area (Å²) in [5.41, 5.74) is 4.35. The van der Waals surface area contributed by atoms with Gasteiger partial charge < -0.3 is 10.1 Å². The molecule has 1 aromatic carbocycles. The molecule has 7 nitrogen and oxygen atoms in total. The molecule has 0 unspecified atom stereocenters. The van der Waals surface area contributed by atoms with Crippen molar-refractivity contribution in [1.29, 1.82) is 0 Å². The molecule has 1 aliphatic rings. The van der Waals surface area contributed by atoms with Crippen LogP contribution in [0.4, 0.5) is 11.6 Å². The minimum atomic E-state index is -0.0610. The van der Waals surface area contributed by atoms with Gasteiger partial charge in [-0.05, 0) is 36.8 Å². The van der Waals surface area contributed by atoms with Crippen LogP contribution in [0.3, 0.4) is 0 Å². The highest BCUT2D eigenvalue weighted by molar-refractivity contribution is 5.81. The highest BCUT2D eigenvalue weighted by Crippen LogP contribution is 2.25. The third-order valence-corrected chi connectivity index (χ3v) is 5.75. The van der Waals surface area contributed by atoms with Gasteiger partial charge in [0, 0.05) is 50.0 Å². The lowest BCUT2D eigenvalue weighted by molar-refractivity contribution is -0.0348. The van der Waals surface area contributed by atoms with E-state index in [1.807, 2.05) is 55.2 Å². The van der Waals surface area contributed by atoms with Crippen molar-refractivity contribution in [1.82, 2.24) is 24.6 Å². The average molecular weight is 415 g/mol. The summed E-state index contributed by atoms with van der Waals surface area (Å²) < 4.78 is 7.93. The zero-order valence-electron chi connectivity index (χ0n) is 17.8. The monoisotopic (exact) mass is 414 g/mol. The fourth-order valence-corrected chi connectivity index (χ4v) is 4.02. The minimum absolute atomic E-state index is 0.0610. The Hall–Kier alpha value is -3.29. The second-order valence-electron chi connectivity index (χ2n) is 7.95. The maximum atomic E-state index is 6.08. The molecule has 1 fully saturated rings. The first-order valence-electron chi connectivity index (χ1n) is 10.6. The highest BCUT2D eigenvalue weighted by atomic mass is 16.5. The molecule has 1 saturated heterocycles. The fourth-order valence-electron chi connectivity index (χ4n) is 4.02. The van der Waals surface area contributed by atoms with Gasteiger partial charge in [-0.1, -0.05) is 24.3 Å². The number of aromatic nitrogens is 4. The Labute approximate surface area is 181 Å². The van der Waals surface area contributed by atoms with Crippen LogP contribution in [0.1, 0.15) is 23.1 Å². The summed E-state index contributed by atoms with van der Waals surface area (Å²) in [6, 6.07) is 18.5. The van der Waals surface area contributed by atoms with E-state index in [2.05, 4.69) is 44.6 Å². The molecule has 31 heavy (non-hydrogen) atoms. The summed E-state index contributed by atoms with van der Waals surface area (Å²) in [5.74, 6) is 1.57. The maximum absolute atomic E-state index is 6.08. The number of nitrogens with one attached hydrogen (secondary N) is 1. The molecule has 1 atom stereocenters. The van der Waals surface area contributed by atoms with Crippen LogP contribution in [0.15, 0.2) is 60.8 Å². The molecule has 7 heteroatoms. The summed E-state index contributed by atoms with van der Waals surface area (Å²) in [6.07, 6.45) is 1.78. The van der Waals surface area contributed by atoms with Gasteiger partial charge in [-0.15, -0.1) is 0 Å². The van der Waals surface area contributed by atoms with E-state index in [0.717, 1.165) is 48.2 Å². The number of fused-ring (bicyclic) bond motifs is 1. The molecule has 3 aromatic heterocycles. The number of ether oxygens (including phenoxy) is 1. The topological polar surface area (TPSA) is 68.1 Å². The van der Waals surface area contributed by atoms with E-state index in [1.165, 1.54) is 10.9 Å². The van der Waals surface area contributed by atoms with Gasteiger partial charge in [0.15, 0.2) is 5.82 Å². The van der Waals surface area contributed by atoms with Crippen LogP contribution in [0.5, 0.6) is 0 Å². The number of rotatable bonds is 5. The van der Waals surface area contributed by atoms with Crippen molar-refractivity contribution >= 4 is 22.5 Å². The van der Waals surface area contributed by atoms with Crippen LogP contribution in [0.25, 0.3) is 10.9 Å². The molecule has 158 valence electrons. The third-order valence-electron chi connectivity index (χ3n) is 5.75. The standard InChI is InChI=1S/C24H26N6O/c1-17-14-24(28-29(17)2)27-23-10-4-9-21(26-23)22-16-30(12-13-31-22)15-18-6-3-8-20-19(18)7-5-11-25-20/h3-11,14,22H,12-13,15-16H2,1-2H3,(H,26,27,28)/t22-/m1/s1. The first kappa shape index (κ1) is 19.7.